The van der Waals surface area contributed by atoms with Gasteiger partial charge in [-0.1, -0.05) is 13.8 Å². The van der Waals surface area contributed by atoms with Gasteiger partial charge in [0.25, 0.3) is 0 Å². The average Bonchev–Trinajstić information content (AvgIpc) is 2.32. The van der Waals surface area contributed by atoms with E-state index < -0.39 is 5.54 Å². The van der Waals surface area contributed by atoms with E-state index in [0.29, 0.717) is 6.04 Å². The second kappa shape index (κ2) is 4.47. The summed E-state index contributed by atoms with van der Waals surface area (Å²) in [5.74, 6) is 3.57. The zero-order valence-electron chi connectivity index (χ0n) is 12.5. The first kappa shape index (κ1) is 13.4. The van der Waals surface area contributed by atoms with Crippen molar-refractivity contribution in [2.75, 3.05) is 0 Å². The average molecular weight is 264 g/mol. The molecule has 1 atom stereocenters. The zero-order valence-corrected chi connectivity index (χ0v) is 12.5. The molecule has 3 nitrogen and oxygen atoms in total. The Morgan fingerprint density at radius 3 is 2.00 bits per heavy atom. The molecule has 0 heterocycles. The fourth-order valence-corrected chi connectivity index (χ4v) is 4.73. The molecule has 4 bridgehead atoms. The van der Waals surface area contributed by atoms with Gasteiger partial charge in [-0.2, -0.15) is 0 Å². The smallest absolute Gasteiger partial charge is 0.240 e. The van der Waals surface area contributed by atoms with E-state index in [9.17, 15) is 4.79 Å². The second-order valence-electron chi connectivity index (χ2n) is 7.87. The fourth-order valence-electron chi connectivity index (χ4n) is 4.73. The molecule has 3 heteroatoms. The zero-order chi connectivity index (χ0) is 13.8. The summed E-state index contributed by atoms with van der Waals surface area (Å²) in [6.45, 7) is 5.91. The molecule has 4 aliphatic carbocycles. The van der Waals surface area contributed by atoms with E-state index in [1.165, 1.54) is 32.1 Å². The van der Waals surface area contributed by atoms with Gasteiger partial charge in [0.15, 0.2) is 0 Å². The van der Waals surface area contributed by atoms with Crippen molar-refractivity contribution < 1.29 is 4.79 Å². The third-order valence-electron chi connectivity index (χ3n) is 6.21. The Balaban J connectivity index is 1.69. The van der Waals surface area contributed by atoms with Crippen molar-refractivity contribution >= 4 is 5.91 Å². The van der Waals surface area contributed by atoms with Crippen LogP contribution in [0.25, 0.3) is 0 Å². The quantitative estimate of drug-likeness (QED) is 0.822. The molecule has 0 aromatic heterocycles. The van der Waals surface area contributed by atoms with Crippen LogP contribution in [0.2, 0.25) is 0 Å². The Labute approximate surface area is 116 Å². The van der Waals surface area contributed by atoms with Gasteiger partial charge in [-0.25, -0.2) is 0 Å². The number of amides is 1. The van der Waals surface area contributed by atoms with Gasteiger partial charge in [0.1, 0.15) is 0 Å². The monoisotopic (exact) mass is 264 g/mol. The third-order valence-corrected chi connectivity index (χ3v) is 6.21. The molecule has 4 aliphatic rings. The Kier molecular flexibility index (Phi) is 3.16. The molecular formula is C16H28N2O. The van der Waals surface area contributed by atoms with Crippen LogP contribution in [0.15, 0.2) is 0 Å². The Bertz CT molecular complexity index is 347. The minimum absolute atomic E-state index is 0.0555. The molecule has 4 saturated carbocycles. The van der Waals surface area contributed by atoms with Crippen LogP contribution in [0.1, 0.15) is 52.9 Å². The van der Waals surface area contributed by atoms with Gasteiger partial charge in [-0.05, 0) is 68.6 Å². The molecule has 4 rings (SSSR count). The van der Waals surface area contributed by atoms with Gasteiger partial charge in [-0.3, -0.25) is 4.79 Å². The highest BCUT2D eigenvalue weighted by atomic mass is 16.2. The first-order chi connectivity index (χ1) is 8.88. The Hall–Kier alpha value is -0.570. The van der Waals surface area contributed by atoms with E-state index in [1.807, 2.05) is 20.8 Å². The standard InChI is InChI=1S/C16H28N2O/c1-9(2)16(3,17)15(19)18-14-12-5-10-4-11(7-12)8-13(14)6-10/h9-14H,4-8,17H2,1-3H3,(H,18,19). The molecule has 1 unspecified atom stereocenters. The third kappa shape index (κ3) is 2.20. The lowest BCUT2D eigenvalue weighted by Crippen LogP contribution is -2.62. The molecule has 1 amide bonds. The maximum absolute atomic E-state index is 12.5. The summed E-state index contributed by atoms with van der Waals surface area (Å²) in [6, 6.07) is 0.405. The number of nitrogens with one attached hydrogen (secondary N) is 1. The number of carbonyl (C=O) groups excluding carboxylic acids is 1. The lowest BCUT2D eigenvalue weighted by atomic mass is 9.54. The number of carbonyl (C=O) groups is 1. The van der Waals surface area contributed by atoms with Crippen LogP contribution in [-0.4, -0.2) is 17.5 Å². The van der Waals surface area contributed by atoms with Gasteiger partial charge in [-0.15, -0.1) is 0 Å². The molecule has 0 aromatic carbocycles. The van der Waals surface area contributed by atoms with Crippen molar-refractivity contribution in [1.82, 2.24) is 5.32 Å². The van der Waals surface area contributed by atoms with Crippen molar-refractivity contribution in [3.05, 3.63) is 0 Å². The lowest BCUT2D eigenvalue weighted by molar-refractivity contribution is -0.131. The van der Waals surface area contributed by atoms with Crippen LogP contribution in [0.4, 0.5) is 0 Å². The highest BCUT2D eigenvalue weighted by molar-refractivity contribution is 5.86. The fraction of sp³-hybridized carbons (Fsp3) is 0.938. The summed E-state index contributed by atoms with van der Waals surface area (Å²) >= 11 is 0. The van der Waals surface area contributed by atoms with Crippen LogP contribution < -0.4 is 11.1 Å². The summed E-state index contributed by atoms with van der Waals surface area (Å²) in [6.07, 6.45) is 6.79. The van der Waals surface area contributed by atoms with Crippen LogP contribution in [0.3, 0.4) is 0 Å². The van der Waals surface area contributed by atoms with Crippen molar-refractivity contribution in [3.8, 4) is 0 Å². The molecule has 3 N–H and O–H groups in total. The van der Waals surface area contributed by atoms with Gasteiger partial charge < -0.3 is 11.1 Å². The topological polar surface area (TPSA) is 55.1 Å². The van der Waals surface area contributed by atoms with E-state index in [0.717, 1.165) is 23.7 Å². The molecule has 4 fully saturated rings. The van der Waals surface area contributed by atoms with Crippen LogP contribution in [0.5, 0.6) is 0 Å². The summed E-state index contributed by atoms with van der Waals surface area (Å²) in [7, 11) is 0. The van der Waals surface area contributed by atoms with Crippen molar-refractivity contribution in [1.29, 1.82) is 0 Å². The Morgan fingerprint density at radius 1 is 1.11 bits per heavy atom. The van der Waals surface area contributed by atoms with E-state index >= 15 is 0 Å². The molecule has 0 spiro atoms. The summed E-state index contributed by atoms with van der Waals surface area (Å²) in [5, 5.41) is 3.32. The van der Waals surface area contributed by atoms with E-state index in [1.54, 1.807) is 0 Å². The normalized spacial score (nSPS) is 43.3. The number of hydrogen-bond acceptors (Lipinski definition) is 2. The van der Waals surface area contributed by atoms with E-state index in [2.05, 4.69) is 5.32 Å². The first-order valence-corrected chi connectivity index (χ1v) is 7.97. The Morgan fingerprint density at radius 2 is 1.58 bits per heavy atom. The molecular weight excluding hydrogens is 236 g/mol. The van der Waals surface area contributed by atoms with E-state index in [4.69, 9.17) is 5.73 Å². The molecule has 108 valence electrons. The maximum atomic E-state index is 12.5. The first-order valence-electron chi connectivity index (χ1n) is 7.97. The van der Waals surface area contributed by atoms with Crippen LogP contribution >= 0.6 is 0 Å². The minimum Gasteiger partial charge on any atom is -0.351 e. The summed E-state index contributed by atoms with van der Waals surface area (Å²) < 4.78 is 0. The second-order valence-corrected chi connectivity index (χ2v) is 7.87. The van der Waals surface area contributed by atoms with Gasteiger partial charge in [0.2, 0.25) is 5.91 Å². The summed E-state index contributed by atoms with van der Waals surface area (Å²) in [4.78, 5) is 12.5. The molecule has 0 radical (unpaired) electrons. The van der Waals surface area contributed by atoms with Crippen molar-refractivity contribution in [3.63, 3.8) is 0 Å². The highest BCUT2D eigenvalue weighted by Gasteiger charge is 2.49. The number of nitrogens with two attached hydrogens (primary N) is 1. The maximum Gasteiger partial charge on any atom is 0.240 e. The van der Waals surface area contributed by atoms with Crippen LogP contribution in [-0.2, 0) is 4.79 Å². The van der Waals surface area contributed by atoms with Crippen LogP contribution in [0, 0.1) is 29.6 Å². The minimum atomic E-state index is -0.741. The van der Waals surface area contributed by atoms with Gasteiger partial charge in [0, 0.05) is 6.04 Å². The SMILES string of the molecule is CC(C)C(C)(N)C(=O)NC1C2CC3CC(C2)CC1C3. The predicted octanol–water partition coefficient (Wildman–Crippen LogP) is 2.30. The number of hydrogen-bond donors (Lipinski definition) is 2. The molecule has 0 aliphatic heterocycles. The molecule has 0 aromatic rings. The summed E-state index contributed by atoms with van der Waals surface area (Å²) in [5.41, 5.74) is 5.45. The number of rotatable bonds is 3. The van der Waals surface area contributed by atoms with Gasteiger partial charge in [0.05, 0.1) is 5.54 Å². The van der Waals surface area contributed by atoms with Crippen molar-refractivity contribution in [2.45, 2.75) is 64.5 Å². The largest absolute Gasteiger partial charge is 0.351 e. The molecule has 0 saturated heterocycles. The van der Waals surface area contributed by atoms with E-state index in [-0.39, 0.29) is 11.8 Å². The van der Waals surface area contributed by atoms with Gasteiger partial charge >= 0.3 is 0 Å². The predicted molar refractivity (Wildman–Crippen MR) is 76.4 cm³/mol. The lowest BCUT2D eigenvalue weighted by Gasteiger charge is -2.54. The molecule has 19 heavy (non-hydrogen) atoms. The highest BCUT2D eigenvalue weighted by Crippen LogP contribution is 2.53. The van der Waals surface area contributed by atoms with Crippen molar-refractivity contribution in [2.24, 2.45) is 35.3 Å².